The molecule has 0 aromatic heterocycles. The van der Waals surface area contributed by atoms with Crippen LogP contribution in [0.2, 0.25) is 0 Å². The number of hydrogen-bond acceptors (Lipinski definition) is 5. The Hall–Kier alpha value is -2.54. The molecule has 2 aromatic carbocycles. The molecule has 0 saturated carbocycles. The van der Waals surface area contributed by atoms with Gasteiger partial charge < -0.3 is 9.47 Å². The number of fused-ring (bicyclic) bond motifs is 3. The van der Waals surface area contributed by atoms with Crippen LogP contribution in [-0.2, 0) is 22.9 Å². The predicted octanol–water partition coefficient (Wildman–Crippen LogP) is 3.95. The number of ether oxygens (including phenoxy) is 2. The van der Waals surface area contributed by atoms with E-state index in [2.05, 4.69) is 32.4 Å². The van der Waals surface area contributed by atoms with Gasteiger partial charge in [-0.2, -0.15) is 0 Å². The molecule has 7 heteroatoms. The highest BCUT2D eigenvalue weighted by atomic mass is 32.2. The predicted molar refractivity (Wildman–Crippen MR) is 120 cm³/mol. The lowest BCUT2D eigenvalue weighted by Gasteiger charge is -2.31. The van der Waals surface area contributed by atoms with Crippen molar-refractivity contribution in [3.63, 3.8) is 0 Å². The molecule has 0 fully saturated rings. The van der Waals surface area contributed by atoms with Gasteiger partial charge in [-0.15, -0.1) is 0 Å². The minimum Gasteiger partial charge on any atom is -0.493 e. The monoisotopic (exact) mass is 428 g/mol. The van der Waals surface area contributed by atoms with Crippen LogP contribution >= 0.6 is 0 Å². The summed E-state index contributed by atoms with van der Waals surface area (Å²) in [4.78, 5) is 5.04. The molecule has 1 N–H and O–H groups in total. The fraction of sp³-hybridized carbons (Fsp3) is 0.435. The van der Waals surface area contributed by atoms with E-state index in [0.29, 0.717) is 11.4 Å². The van der Waals surface area contributed by atoms with Crippen LogP contribution in [-0.4, -0.2) is 38.6 Å². The molecule has 2 heterocycles. The third-order valence-corrected chi connectivity index (χ3v) is 5.99. The van der Waals surface area contributed by atoms with E-state index in [1.807, 2.05) is 24.3 Å². The van der Waals surface area contributed by atoms with Crippen molar-refractivity contribution in [1.29, 1.82) is 0 Å². The van der Waals surface area contributed by atoms with Gasteiger partial charge in [-0.25, -0.2) is 8.42 Å². The van der Waals surface area contributed by atoms with Crippen molar-refractivity contribution in [3.8, 4) is 11.5 Å². The number of benzene rings is 2. The van der Waals surface area contributed by atoms with Crippen LogP contribution in [0.5, 0.6) is 11.5 Å². The van der Waals surface area contributed by atoms with E-state index in [1.165, 1.54) is 11.1 Å². The average molecular weight is 429 g/mol. The third-order valence-electron chi connectivity index (χ3n) is 5.38. The number of sulfonamides is 1. The number of anilines is 1. The van der Waals surface area contributed by atoms with Crippen LogP contribution in [0, 0.1) is 0 Å². The highest BCUT2D eigenvalue weighted by Crippen LogP contribution is 2.47. The van der Waals surface area contributed by atoms with Gasteiger partial charge >= 0.3 is 0 Å². The highest BCUT2D eigenvalue weighted by Gasteiger charge is 2.39. The van der Waals surface area contributed by atoms with E-state index in [9.17, 15) is 8.42 Å². The fourth-order valence-electron chi connectivity index (χ4n) is 4.33. The quantitative estimate of drug-likeness (QED) is 0.800. The van der Waals surface area contributed by atoms with Crippen LogP contribution in [0.3, 0.4) is 0 Å². The summed E-state index contributed by atoms with van der Waals surface area (Å²) in [5.74, 6) is 1.53. The van der Waals surface area contributed by atoms with Gasteiger partial charge in [0.2, 0.25) is 10.0 Å². The SMILES string of the molecule is COc1cc2c(c3c1OC(C)(C)C3)CC(C)(C)N=C2c1cccc(NS(C)(=O)=O)c1. The Bertz CT molecular complexity index is 1160. The molecular weight excluding hydrogens is 400 g/mol. The molecule has 0 radical (unpaired) electrons. The Balaban J connectivity index is 1.90. The van der Waals surface area contributed by atoms with Crippen molar-refractivity contribution in [2.24, 2.45) is 4.99 Å². The van der Waals surface area contributed by atoms with Crippen molar-refractivity contribution in [2.75, 3.05) is 18.1 Å². The van der Waals surface area contributed by atoms with Crippen LogP contribution in [0.25, 0.3) is 0 Å². The maximum absolute atomic E-state index is 11.7. The lowest BCUT2D eigenvalue weighted by Crippen LogP contribution is -2.30. The summed E-state index contributed by atoms with van der Waals surface area (Å²) in [6.45, 7) is 8.41. The molecule has 6 nitrogen and oxygen atoms in total. The van der Waals surface area contributed by atoms with Gasteiger partial charge in [0, 0.05) is 28.8 Å². The Morgan fingerprint density at radius 2 is 1.83 bits per heavy atom. The zero-order valence-corrected chi connectivity index (χ0v) is 19.1. The van der Waals surface area contributed by atoms with Crippen molar-refractivity contribution >= 4 is 21.4 Å². The molecule has 0 unspecified atom stereocenters. The molecule has 0 bridgehead atoms. The van der Waals surface area contributed by atoms with Gasteiger partial charge in [-0.3, -0.25) is 9.71 Å². The summed E-state index contributed by atoms with van der Waals surface area (Å²) < 4.78 is 37.8. The van der Waals surface area contributed by atoms with Crippen molar-refractivity contribution in [1.82, 2.24) is 0 Å². The maximum atomic E-state index is 11.7. The molecule has 30 heavy (non-hydrogen) atoms. The summed E-state index contributed by atoms with van der Waals surface area (Å²) in [6.07, 6.45) is 2.76. The first-order chi connectivity index (χ1) is 13.9. The zero-order valence-electron chi connectivity index (χ0n) is 18.3. The molecule has 0 spiro atoms. The van der Waals surface area contributed by atoms with Crippen molar-refractivity contribution < 1.29 is 17.9 Å². The fourth-order valence-corrected chi connectivity index (χ4v) is 4.89. The minimum atomic E-state index is -3.37. The van der Waals surface area contributed by atoms with Crippen LogP contribution < -0.4 is 14.2 Å². The maximum Gasteiger partial charge on any atom is 0.229 e. The van der Waals surface area contributed by atoms with Gasteiger partial charge in [-0.1, -0.05) is 12.1 Å². The molecule has 0 saturated heterocycles. The van der Waals surface area contributed by atoms with E-state index in [1.54, 1.807) is 13.2 Å². The summed E-state index contributed by atoms with van der Waals surface area (Å²) in [6, 6.07) is 9.35. The zero-order chi connectivity index (χ0) is 21.9. The second-order valence-corrected chi connectivity index (χ2v) is 11.1. The number of methoxy groups -OCH3 is 1. The molecule has 4 rings (SSSR count). The van der Waals surface area contributed by atoms with Gasteiger partial charge in [0.25, 0.3) is 0 Å². The highest BCUT2D eigenvalue weighted by molar-refractivity contribution is 7.92. The lowest BCUT2D eigenvalue weighted by molar-refractivity contribution is 0.134. The molecule has 160 valence electrons. The normalized spacial score (nSPS) is 18.7. The average Bonchev–Trinajstić information content (AvgIpc) is 2.94. The van der Waals surface area contributed by atoms with Gasteiger partial charge in [-0.05, 0) is 57.9 Å². The molecule has 2 aromatic rings. The standard InChI is InChI=1S/C23H28N2O4S/c1-22(2)12-17-16(11-19(28-5)21-18(17)13-23(3,4)29-21)20(24-22)14-8-7-9-15(10-14)25-30(6,26)27/h7-11,25H,12-13H2,1-6H3. The Morgan fingerprint density at radius 1 is 1.10 bits per heavy atom. The number of rotatable bonds is 4. The largest absolute Gasteiger partial charge is 0.493 e. The number of nitrogens with zero attached hydrogens (tertiary/aromatic N) is 1. The first-order valence-corrected chi connectivity index (χ1v) is 11.9. The Labute approximate surface area is 178 Å². The lowest BCUT2D eigenvalue weighted by atomic mass is 9.80. The van der Waals surface area contributed by atoms with Crippen molar-refractivity contribution in [2.45, 2.75) is 51.7 Å². The molecule has 0 atom stereocenters. The van der Waals surface area contributed by atoms with E-state index >= 15 is 0 Å². The van der Waals surface area contributed by atoms with E-state index in [0.717, 1.165) is 41.7 Å². The molecule has 2 aliphatic rings. The summed E-state index contributed by atoms with van der Waals surface area (Å²) in [7, 11) is -1.72. The van der Waals surface area contributed by atoms with E-state index in [-0.39, 0.29) is 11.1 Å². The summed E-state index contributed by atoms with van der Waals surface area (Å²) in [5, 5.41) is 0. The third kappa shape index (κ3) is 3.90. The second kappa shape index (κ2) is 6.74. The van der Waals surface area contributed by atoms with Crippen LogP contribution in [0.15, 0.2) is 35.3 Å². The van der Waals surface area contributed by atoms with Gasteiger partial charge in [0.1, 0.15) is 5.60 Å². The van der Waals surface area contributed by atoms with E-state index < -0.39 is 10.0 Å². The smallest absolute Gasteiger partial charge is 0.229 e. The van der Waals surface area contributed by atoms with Crippen LogP contribution in [0.4, 0.5) is 5.69 Å². The first kappa shape index (κ1) is 20.7. The minimum absolute atomic E-state index is 0.289. The number of aliphatic imine (C=N–C) groups is 1. The summed E-state index contributed by atoms with van der Waals surface area (Å²) >= 11 is 0. The van der Waals surface area contributed by atoms with Crippen molar-refractivity contribution in [3.05, 3.63) is 52.6 Å². The summed E-state index contributed by atoms with van der Waals surface area (Å²) in [5.41, 5.74) is 5.05. The van der Waals surface area contributed by atoms with Gasteiger partial charge in [0.05, 0.1) is 24.6 Å². The molecule has 0 aliphatic carbocycles. The molecule has 0 amide bonds. The Morgan fingerprint density at radius 3 is 2.50 bits per heavy atom. The molecular formula is C23H28N2O4S. The number of hydrogen-bond donors (Lipinski definition) is 1. The van der Waals surface area contributed by atoms with Gasteiger partial charge in [0.15, 0.2) is 11.5 Å². The Kier molecular flexibility index (Phi) is 4.65. The van der Waals surface area contributed by atoms with E-state index in [4.69, 9.17) is 14.5 Å². The molecule has 2 aliphatic heterocycles. The topological polar surface area (TPSA) is 77.0 Å². The first-order valence-electron chi connectivity index (χ1n) is 9.98. The van der Waals surface area contributed by atoms with Crippen LogP contribution in [0.1, 0.15) is 49.9 Å². The number of nitrogens with one attached hydrogen (secondary N) is 1. The second-order valence-electron chi connectivity index (χ2n) is 9.36.